The molecule has 4 aliphatic rings. The summed E-state index contributed by atoms with van der Waals surface area (Å²) in [6.45, 7) is 9.61. The number of ether oxygens (including phenoxy) is 3. The second-order valence-corrected chi connectivity index (χ2v) is 22.3. The van der Waals surface area contributed by atoms with Gasteiger partial charge in [-0.3, -0.25) is 9.59 Å². The van der Waals surface area contributed by atoms with Crippen molar-refractivity contribution in [3.8, 4) is 56.8 Å². The number of thiazole rings is 1. The number of rotatable bonds is 18. The number of nitrogens with one attached hydrogen (secondary N) is 1. The van der Waals surface area contributed by atoms with Crippen LogP contribution in [0.3, 0.4) is 0 Å². The molecule has 2 bridgehead atoms. The molecule has 2 amide bonds. The van der Waals surface area contributed by atoms with Gasteiger partial charge in [0.2, 0.25) is 17.7 Å². The Morgan fingerprint density at radius 2 is 1.69 bits per heavy atom. The van der Waals surface area contributed by atoms with Gasteiger partial charge in [0.15, 0.2) is 11.6 Å². The van der Waals surface area contributed by atoms with Crippen LogP contribution in [0.1, 0.15) is 100 Å². The van der Waals surface area contributed by atoms with Crippen LogP contribution in [-0.4, -0.2) is 120 Å². The van der Waals surface area contributed by atoms with E-state index in [4.69, 9.17) is 24.5 Å². The summed E-state index contributed by atoms with van der Waals surface area (Å²) >= 11 is 1.58. The van der Waals surface area contributed by atoms with Crippen molar-refractivity contribution in [3.05, 3.63) is 126 Å². The molecule has 414 valence electrons. The third-order valence-corrected chi connectivity index (χ3v) is 16.5. The predicted octanol–water partition coefficient (Wildman–Crippen LogP) is 8.28. The summed E-state index contributed by atoms with van der Waals surface area (Å²) in [5, 5.41) is 36.8. The Balaban J connectivity index is 0.601. The Hall–Kier alpha value is -8.28. The number of β-amino-alcohol motifs (C(OH)–C–C–N with tert-alkyl or cyclic N) is 1. The van der Waals surface area contributed by atoms with Crippen LogP contribution in [0.2, 0.25) is 0 Å². The summed E-state index contributed by atoms with van der Waals surface area (Å²) in [5.41, 5.74) is 14.9. The normalized spacial score (nSPS) is 21.1. The van der Waals surface area contributed by atoms with E-state index in [1.54, 1.807) is 35.7 Å². The number of anilines is 3. The van der Waals surface area contributed by atoms with E-state index in [0.717, 1.165) is 71.8 Å². The number of benzene rings is 2. The zero-order chi connectivity index (χ0) is 55.4. The number of aliphatic hydroxyl groups is 1. The molecule has 8 heterocycles. The lowest BCUT2D eigenvalue weighted by atomic mass is 9.91. The molecule has 0 spiro atoms. The van der Waals surface area contributed by atoms with Crippen molar-refractivity contribution in [3.63, 3.8) is 0 Å². The molecule has 1 aliphatic carbocycles. The Morgan fingerprint density at radius 3 is 2.42 bits per heavy atom. The Labute approximate surface area is 468 Å². The van der Waals surface area contributed by atoms with E-state index in [0.29, 0.717) is 59.6 Å². The molecule has 3 saturated heterocycles. The van der Waals surface area contributed by atoms with Gasteiger partial charge in [-0.2, -0.15) is 0 Å². The molecule has 11 rings (SSSR count). The van der Waals surface area contributed by atoms with Crippen LogP contribution in [0.15, 0.2) is 107 Å². The first-order valence-corrected chi connectivity index (χ1v) is 28.3. The van der Waals surface area contributed by atoms with Gasteiger partial charge in [-0.05, 0) is 97.6 Å². The highest BCUT2D eigenvalue weighted by Crippen LogP contribution is 2.41. The standard InChI is InChI=1S/C60H65N11O8S/c1-35(2)56(60(75)70-33-44(72)25-51(70)59(74)65-36(3)38-13-15-39(16-14-38)57-37(4)64-34-80-57)53-29-55(68-79-53)76-23-9-5-6-10-40-17-20-45(30-63-40)77-46-26-47(27-46)78-54-24-41(21-22-62-54)71-42-18-19-43(71)32-69(31-42)50-28-49(66-67-58(50)61)48-11-7-8-12-52(48)73/h7-8,11-17,20-22,24,28-30,34-36,42-44,46-47,51,56,72-73H,5,9,18-19,23,25-27,31-33H2,1-4H3,(H2,61,67)(H,65,74)/t36-,42+,43?,44+,46?,47?,51-,56-/m0/s1. The highest BCUT2D eigenvalue weighted by molar-refractivity contribution is 7.13. The summed E-state index contributed by atoms with van der Waals surface area (Å²) < 4.78 is 24.1. The Kier molecular flexibility index (Phi) is 15.8. The number of phenolic OH excluding ortho intramolecular Hbond substituents is 1. The molecule has 4 fully saturated rings. The molecular formula is C60H65N11O8S. The second-order valence-electron chi connectivity index (χ2n) is 21.5. The molecule has 3 aliphatic heterocycles. The van der Waals surface area contributed by atoms with Crippen LogP contribution in [0.5, 0.6) is 23.3 Å². The number of nitrogens with zero attached hydrogens (tertiary/aromatic N) is 9. The molecule has 1 saturated carbocycles. The zero-order valence-corrected chi connectivity index (χ0v) is 46.0. The predicted molar refractivity (Wildman–Crippen MR) is 302 cm³/mol. The van der Waals surface area contributed by atoms with Crippen molar-refractivity contribution in [1.82, 2.24) is 40.5 Å². The number of unbranched alkanes of at least 4 members (excludes halogenated alkanes) is 1. The molecule has 80 heavy (non-hydrogen) atoms. The van der Waals surface area contributed by atoms with Gasteiger partial charge >= 0.3 is 0 Å². The van der Waals surface area contributed by atoms with Gasteiger partial charge in [-0.15, -0.1) is 21.5 Å². The first-order chi connectivity index (χ1) is 38.8. The van der Waals surface area contributed by atoms with Gasteiger partial charge in [0.1, 0.15) is 41.4 Å². The number of aliphatic hydroxyl groups excluding tert-OH is 1. The maximum absolute atomic E-state index is 14.2. The van der Waals surface area contributed by atoms with Crippen LogP contribution >= 0.6 is 11.3 Å². The van der Waals surface area contributed by atoms with Crippen LogP contribution in [0, 0.1) is 24.7 Å². The number of fused-ring (bicyclic) bond motifs is 2. The van der Waals surface area contributed by atoms with E-state index in [-0.39, 0.29) is 72.7 Å². The summed E-state index contributed by atoms with van der Waals surface area (Å²) in [7, 11) is 0. The molecule has 2 aromatic carbocycles. The fraction of sp³-hybridized carbons (Fsp3) is 0.400. The van der Waals surface area contributed by atoms with Crippen LogP contribution < -0.4 is 35.1 Å². The van der Waals surface area contributed by atoms with E-state index in [1.165, 1.54) is 4.90 Å². The van der Waals surface area contributed by atoms with Crippen molar-refractivity contribution in [2.45, 2.75) is 121 Å². The second kappa shape index (κ2) is 23.6. The third-order valence-electron chi connectivity index (χ3n) is 15.5. The number of pyridine rings is 2. The number of para-hydroxylation sites is 1. The van der Waals surface area contributed by atoms with Crippen molar-refractivity contribution >= 4 is 40.3 Å². The Morgan fingerprint density at radius 1 is 0.900 bits per heavy atom. The SMILES string of the molecule is Cc1ncsc1-c1ccc([C@H](C)NC(=O)[C@@H]2C[C@@H](O)CN2C(=O)[C@H](c2cc(OCCCC#Cc3ccc(OC4CC(Oc5cc(N6C7CC[C@@H]6CN(c6cc(-c8ccccc8O)nnc6N)C7)ccn5)C4)cn3)no2)C(C)C)cc1. The van der Waals surface area contributed by atoms with Gasteiger partial charge in [-0.1, -0.05) is 56.2 Å². The highest BCUT2D eigenvalue weighted by atomic mass is 32.1. The summed E-state index contributed by atoms with van der Waals surface area (Å²) in [6.07, 6.45) is 7.53. The Bertz CT molecular complexity index is 3360. The molecule has 1 unspecified atom stereocenters. The quantitative estimate of drug-likeness (QED) is 0.0467. The smallest absolute Gasteiger partial charge is 0.254 e. The molecular weight excluding hydrogens is 1030 g/mol. The average molecular weight is 1100 g/mol. The van der Waals surface area contributed by atoms with Gasteiger partial charge in [0, 0.05) is 87.0 Å². The minimum Gasteiger partial charge on any atom is -0.507 e. The zero-order valence-electron chi connectivity index (χ0n) is 45.1. The van der Waals surface area contributed by atoms with E-state index < -0.39 is 18.1 Å². The lowest BCUT2D eigenvalue weighted by molar-refractivity contribution is -0.141. The van der Waals surface area contributed by atoms with E-state index in [2.05, 4.69) is 63.3 Å². The van der Waals surface area contributed by atoms with Crippen LogP contribution in [0.25, 0.3) is 21.7 Å². The number of aryl methyl sites for hydroxylation is 1. The molecule has 19 nitrogen and oxygen atoms in total. The molecule has 5 N–H and O–H groups in total. The minimum absolute atomic E-state index is 0.000966. The monoisotopic (exact) mass is 1100 g/mol. The average Bonchev–Trinajstić information content (AvgIpc) is 4.27. The lowest BCUT2D eigenvalue weighted by Gasteiger charge is -2.43. The molecule has 6 atom stereocenters. The first kappa shape index (κ1) is 53.7. The van der Waals surface area contributed by atoms with E-state index >= 15 is 0 Å². The highest BCUT2D eigenvalue weighted by Gasteiger charge is 2.44. The summed E-state index contributed by atoms with van der Waals surface area (Å²) in [5.74, 6) is 7.06. The number of amides is 2. The number of likely N-dealkylation sites (tertiary alicyclic amines) is 1. The molecule has 0 radical (unpaired) electrons. The van der Waals surface area contributed by atoms with Crippen molar-refractivity contribution < 1.29 is 38.5 Å². The fourth-order valence-electron chi connectivity index (χ4n) is 11.3. The number of carbonyl (C=O) groups is 2. The first-order valence-electron chi connectivity index (χ1n) is 27.4. The minimum atomic E-state index is -0.844. The van der Waals surface area contributed by atoms with Gasteiger partial charge in [-0.25, -0.2) is 15.0 Å². The topological polar surface area (TPSA) is 241 Å². The maximum atomic E-state index is 14.2. The maximum Gasteiger partial charge on any atom is 0.254 e. The van der Waals surface area contributed by atoms with Crippen molar-refractivity contribution in [2.75, 3.05) is 41.8 Å². The van der Waals surface area contributed by atoms with Crippen molar-refractivity contribution in [1.29, 1.82) is 0 Å². The van der Waals surface area contributed by atoms with E-state index in [9.17, 15) is 19.8 Å². The number of hydrogen-bond acceptors (Lipinski definition) is 18. The number of aromatic hydroxyl groups is 1. The third kappa shape index (κ3) is 11.8. The number of piperazine rings is 1. The number of nitrogen functional groups attached to an aromatic ring is 1. The lowest BCUT2D eigenvalue weighted by Crippen LogP contribution is -2.54. The van der Waals surface area contributed by atoms with Crippen LogP contribution in [0.4, 0.5) is 17.2 Å². The fourth-order valence-corrected chi connectivity index (χ4v) is 12.1. The molecule has 20 heteroatoms. The summed E-state index contributed by atoms with van der Waals surface area (Å²) in [4.78, 5) is 48.7. The van der Waals surface area contributed by atoms with Gasteiger partial charge in [0.05, 0.1) is 52.4 Å². The van der Waals surface area contributed by atoms with Gasteiger partial charge < -0.3 is 54.7 Å². The van der Waals surface area contributed by atoms with Crippen LogP contribution in [-0.2, 0) is 9.59 Å². The number of aromatic nitrogens is 6. The van der Waals surface area contributed by atoms with Gasteiger partial charge in [0.25, 0.3) is 5.88 Å². The molecule has 7 aromatic rings. The van der Waals surface area contributed by atoms with Crippen molar-refractivity contribution in [2.24, 2.45) is 5.92 Å². The largest absolute Gasteiger partial charge is 0.507 e. The summed E-state index contributed by atoms with van der Waals surface area (Å²) in [6, 6.07) is 25.9. The number of carbonyl (C=O) groups excluding carboxylic acids is 2. The van der Waals surface area contributed by atoms with E-state index in [1.807, 2.05) is 100 Å². The number of phenols is 1. The number of hydrogen-bond donors (Lipinski definition) is 4. The number of nitrogens with two attached hydrogens (primary N) is 1. The molecule has 5 aromatic heterocycles.